The van der Waals surface area contributed by atoms with Gasteiger partial charge >= 0.3 is 0 Å². The van der Waals surface area contributed by atoms with Gasteiger partial charge in [0.1, 0.15) is 0 Å². The topological polar surface area (TPSA) is 39.7 Å². The first kappa shape index (κ1) is 11.2. The molecule has 0 bridgehead atoms. The van der Waals surface area contributed by atoms with Crippen molar-refractivity contribution in [3.05, 3.63) is 23.8 Å². The van der Waals surface area contributed by atoms with Crippen molar-refractivity contribution in [3.8, 4) is 11.5 Å². The molecule has 1 aliphatic rings. The minimum Gasteiger partial charge on any atom is -0.493 e. The average molecular weight is 223 g/mol. The van der Waals surface area contributed by atoms with Gasteiger partial charge in [0.2, 0.25) is 0 Å². The number of hydrogen-bond acceptors (Lipinski definition) is 4. The van der Waals surface area contributed by atoms with Crippen LogP contribution < -0.4 is 14.8 Å². The zero-order valence-electron chi connectivity index (χ0n) is 9.66. The lowest BCUT2D eigenvalue weighted by Gasteiger charge is -2.26. The molecule has 0 unspecified atom stereocenters. The number of nitrogens with one attached hydrogen (secondary N) is 1. The number of hydrogen-bond donors (Lipinski definition) is 1. The van der Waals surface area contributed by atoms with Crippen molar-refractivity contribution in [3.63, 3.8) is 0 Å². The summed E-state index contributed by atoms with van der Waals surface area (Å²) in [6.45, 7) is 2.30. The first-order valence-corrected chi connectivity index (χ1v) is 5.39. The lowest BCUT2D eigenvalue weighted by atomic mass is 10.0. The highest BCUT2D eigenvalue weighted by atomic mass is 16.5. The molecule has 1 saturated heterocycles. The van der Waals surface area contributed by atoms with E-state index in [0.717, 1.165) is 30.2 Å². The Kier molecular flexibility index (Phi) is 3.64. The van der Waals surface area contributed by atoms with Crippen molar-refractivity contribution >= 4 is 0 Å². The van der Waals surface area contributed by atoms with Crippen molar-refractivity contribution in [2.45, 2.75) is 6.04 Å². The first-order valence-electron chi connectivity index (χ1n) is 5.39. The van der Waals surface area contributed by atoms with Gasteiger partial charge in [-0.3, -0.25) is 0 Å². The van der Waals surface area contributed by atoms with E-state index in [-0.39, 0.29) is 6.04 Å². The molecular formula is C12H17NO3. The molecule has 1 aromatic rings. The predicted octanol–water partition coefficient (Wildman–Crippen LogP) is 1.36. The van der Waals surface area contributed by atoms with Crippen molar-refractivity contribution in [2.75, 3.05) is 34.0 Å². The van der Waals surface area contributed by atoms with E-state index >= 15 is 0 Å². The number of ether oxygens (including phenoxy) is 3. The molecule has 2 rings (SSSR count). The lowest BCUT2D eigenvalue weighted by molar-refractivity contribution is 0.0759. The van der Waals surface area contributed by atoms with Crippen LogP contribution in [-0.2, 0) is 4.74 Å². The van der Waals surface area contributed by atoms with Gasteiger partial charge in [-0.1, -0.05) is 12.1 Å². The van der Waals surface area contributed by atoms with Crippen LogP contribution >= 0.6 is 0 Å². The summed E-state index contributed by atoms with van der Waals surface area (Å²) in [6.07, 6.45) is 0. The summed E-state index contributed by atoms with van der Waals surface area (Å²) in [6, 6.07) is 6.07. The largest absolute Gasteiger partial charge is 0.493 e. The summed E-state index contributed by atoms with van der Waals surface area (Å²) >= 11 is 0. The van der Waals surface area contributed by atoms with Gasteiger partial charge in [-0.2, -0.15) is 0 Å². The van der Waals surface area contributed by atoms with Crippen LogP contribution in [0.25, 0.3) is 0 Å². The SMILES string of the molecule is COc1cccc([C@H]2COCCN2)c1OC. The summed E-state index contributed by atoms with van der Waals surface area (Å²) in [7, 11) is 3.30. The predicted molar refractivity (Wildman–Crippen MR) is 61.1 cm³/mol. The quantitative estimate of drug-likeness (QED) is 0.840. The standard InChI is InChI=1S/C12H17NO3/c1-14-11-5-3-4-9(12(11)15-2)10-8-16-7-6-13-10/h3-5,10,13H,6-8H2,1-2H3/t10-/m1/s1. The number of morpholine rings is 1. The molecule has 1 heterocycles. The number of rotatable bonds is 3. The maximum Gasteiger partial charge on any atom is 0.165 e. The average Bonchev–Trinajstić information content (AvgIpc) is 2.38. The smallest absolute Gasteiger partial charge is 0.165 e. The molecule has 16 heavy (non-hydrogen) atoms. The van der Waals surface area contributed by atoms with Crippen molar-refractivity contribution in [1.82, 2.24) is 5.32 Å². The Morgan fingerprint density at radius 1 is 1.31 bits per heavy atom. The normalized spacial score (nSPS) is 20.5. The summed E-state index contributed by atoms with van der Waals surface area (Å²) in [4.78, 5) is 0. The summed E-state index contributed by atoms with van der Waals surface area (Å²) < 4.78 is 16.1. The second-order valence-corrected chi connectivity index (χ2v) is 3.66. The van der Waals surface area contributed by atoms with Crippen LogP contribution in [0.3, 0.4) is 0 Å². The Labute approximate surface area is 95.5 Å². The van der Waals surface area contributed by atoms with Crippen molar-refractivity contribution < 1.29 is 14.2 Å². The fourth-order valence-electron chi connectivity index (χ4n) is 1.95. The Morgan fingerprint density at radius 2 is 2.19 bits per heavy atom. The van der Waals surface area contributed by atoms with E-state index in [1.54, 1.807) is 14.2 Å². The molecule has 1 aromatic carbocycles. The van der Waals surface area contributed by atoms with Gasteiger partial charge in [-0.05, 0) is 6.07 Å². The molecular weight excluding hydrogens is 206 g/mol. The number of methoxy groups -OCH3 is 2. The minimum atomic E-state index is 0.179. The second-order valence-electron chi connectivity index (χ2n) is 3.66. The maximum atomic E-state index is 5.45. The van der Waals surface area contributed by atoms with E-state index in [1.165, 1.54) is 0 Å². The van der Waals surface area contributed by atoms with Gasteiger partial charge in [0.25, 0.3) is 0 Å². The molecule has 0 amide bonds. The molecule has 0 radical (unpaired) electrons. The van der Waals surface area contributed by atoms with E-state index < -0.39 is 0 Å². The molecule has 0 aliphatic carbocycles. The summed E-state index contributed by atoms with van der Waals surface area (Å²) in [5.41, 5.74) is 1.08. The number of benzene rings is 1. The van der Waals surface area contributed by atoms with Crippen LogP contribution in [-0.4, -0.2) is 34.0 Å². The van der Waals surface area contributed by atoms with E-state index in [1.807, 2.05) is 18.2 Å². The maximum absolute atomic E-state index is 5.45. The third kappa shape index (κ3) is 2.13. The van der Waals surface area contributed by atoms with Crippen LogP contribution in [0.5, 0.6) is 11.5 Å². The summed E-state index contributed by atoms with van der Waals surface area (Å²) in [5, 5.41) is 3.40. The molecule has 0 saturated carbocycles. The van der Waals surface area contributed by atoms with E-state index in [4.69, 9.17) is 14.2 Å². The van der Waals surface area contributed by atoms with Gasteiger partial charge in [-0.25, -0.2) is 0 Å². The van der Waals surface area contributed by atoms with Gasteiger partial charge in [0.05, 0.1) is 33.5 Å². The number of para-hydroxylation sites is 1. The van der Waals surface area contributed by atoms with Crippen molar-refractivity contribution in [2.24, 2.45) is 0 Å². The van der Waals surface area contributed by atoms with Gasteiger partial charge in [-0.15, -0.1) is 0 Å². The van der Waals surface area contributed by atoms with E-state index in [9.17, 15) is 0 Å². The molecule has 1 N–H and O–H groups in total. The Balaban J connectivity index is 2.30. The first-order chi connectivity index (χ1) is 7.86. The fraction of sp³-hybridized carbons (Fsp3) is 0.500. The van der Waals surface area contributed by atoms with Crippen LogP contribution in [0.4, 0.5) is 0 Å². The highest BCUT2D eigenvalue weighted by molar-refractivity contribution is 5.48. The zero-order valence-corrected chi connectivity index (χ0v) is 9.66. The fourth-order valence-corrected chi connectivity index (χ4v) is 1.95. The van der Waals surface area contributed by atoms with Crippen LogP contribution in [0.2, 0.25) is 0 Å². The molecule has 1 fully saturated rings. The Bertz CT molecular complexity index is 348. The Morgan fingerprint density at radius 3 is 2.81 bits per heavy atom. The molecule has 4 nitrogen and oxygen atoms in total. The monoisotopic (exact) mass is 223 g/mol. The van der Waals surface area contributed by atoms with Gasteiger partial charge < -0.3 is 19.5 Å². The third-order valence-electron chi connectivity index (χ3n) is 2.73. The second kappa shape index (κ2) is 5.18. The van der Waals surface area contributed by atoms with Gasteiger partial charge in [0.15, 0.2) is 11.5 Å². The highest BCUT2D eigenvalue weighted by Crippen LogP contribution is 2.35. The lowest BCUT2D eigenvalue weighted by Crippen LogP contribution is -2.34. The molecule has 0 aromatic heterocycles. The van der Waals surface area contributed by atoms with Crippen LogP contribution in [0, 0.1) is 0 Å². The third-order valence-corrected chi connectivity index (χ3v) is 2.73. The van der Waals surface area contributed by atoms with Crippen LogP contribution in [0.15, 0.2) is 18.2 Å². The molecule has 88 valence electrons. The van der Waals surface area contributed by atoms with Crippen LogP contribution in [0.1, 0.15) is 11.6 Å². The molecule has 0 spiro atoms. The van der Waals surface area contributed by atoms with Crippen molar-refractivity contribution in [1.29, 1.82) is 0 Å². The Hall–Kier alpha value is -1.26. The van der Waals surface area contributed by atoms with E-state index in [0.29, 0.717) is 6.61 Å². The molecule has 1 atom stereocenters. The van der Waals surface area contributed by atoms with E-state index in [2.05, 4.69) is 5.32 Å². The highest BCUT2D eigenvalue weighted by Gasteiger charge is 2.20. The molecule has 4 heteroatoms. The summed E-state index contributed by atoms with van der Waals surface area (Å²) in [5.74, 6) is 1.54. The van der Waals surface area contributed by atoms with Gasteiger partial charge in [0, 0.05) is 12.1 Å². The molecule has 1 aliphatic heterocycles. The zero-order chi connectivity index (χ0) is 11.4. The minimum absolute atomic E-state index is 0.179.